The minimum atomic E-state index is -0.128. The molecule has 0 fully saturated rings. The summed E-state index contributed by atoms with van der Waals surface area (Å²) in [6.45, 7) is 1.90. The number of nitrogens with zero attached hydrogens (tertiary/aromatic N) is 1. The molecule has 3 heteroatoms. The molecule has 1 heterocycles. The molecule has 0 spiro atoms. The smallest absolute Gasteiger partial charge is 0.172 e. The Morgan fingerprint density at radius 1 is 1.30 bits per heavy atom. The molecule has 0 bridgehead atoms. The van der Waals surface area contributed by atoms with E-state index in [1.807, 2.05) is 31.2 Å². The molecule has 0 aliphatic heterocycles. The number of carbonyl (C=O) groups excluding carboxylic acids is 1. The Kier molecular flexibility index (Phi) is 3.58. The van der Waals surface area contributed by atoms with Crippen LogP contribution in [-0.2, 0) is 6.42 Å². The number of hydrogen-bond donors (Lipinski definition) is 0. The van der Waals surface area contributed by atoms with Crippen LogP contribution in [0.15, 0.2) is 36.5 Å². The maximum absolute atomic E-state index is 12.8. The number of Topliss-reactive ketones (excluding diaryl/α,β-unsaturated/α-hetero) is 1. The van der Waals surface area contributed by atoms with E-state index in [9.17, 15) is 4.79 Å². The van der Waals surface area contributed by atoms with E-state index in [0.717, 1.165) is 36.1 Å². The molecule has 20 heavy (non-hydrogen) atoms. The molecule has 1 aromatic heterocycles. The largest absolute Gasteiger partial charge is 0.293 e. The minimum absolute atomic E-state index is 0.128. The third-order valence-corrected chi connectivity index (χ3v) is 4.45. The Bertz CT molecular complexity index is 666. The lowest BCUT2D eigenvalue weighted by Gasteiger charge is -2.23. The normalized spacial score (nSPS) is 17.6. The highest BCUT2D eigenvalue weighted by Gasteiger charge is 2.29. The maximum Gasteiger partial charge on any atom is 0.172 e. The zero-order valence-corrected chi connectivity index (χ0v) is 12.2. The highest BCUT2D eigenvalue weighted by Crippen LogP contribution is 2.34. The van der Waals surface area contributed by atoms with E-state index < -0.39 is 0 Å². The number of carbonyl (C=O) groups is 1. The number of pyridine rings is 1. The van der Waals surface area contributed by atoms with E-state index in [1.54, 1.807) is 6.20 Å². The van der Waals surface area contributed by atoms with Crippen LogP contribution < -0.4 is 0 Å². The molecule has 1 aromatic carbocycles. The van der Waals surface area contributed by atoms with Gasteiger partial charge in [-0.05, 0) is 49.4 Å². The topological polar surface area (TPSA) is 30.0 Å². The Labute approximate surface area is 123 Å². The average molecular weight is 286 g/mol. The number of ketones is 1. The lowest BCUT2D eigenvalue weighted by atomic mass is 9.81. The Morgan fingerprint density at radius 3 is 3.00 bits per heavy atom. The zero-order valence-electron chi connectivity index (χ0n) is 11.4. The van der Waals surface area contributed by atoms with Crippen LogP contribution in [0.4, 0.5) is 0 Å². The second-order valence-corrected chi connectivity index (χ2v) is 5.68. The Morgan fingerprint density at radius 2 is 2.15 bits per heavy atom. The van der Waals surface area contributed by atoms with Crippen molar-refractivity contribution in [2.75, 3.05) is 0 Å². The van der Waals surface area contributed by atoms with Crippen molar-refractivity contribution in [2.45, 2.75) is 32.1 Å². The summed E-state index contributed by atoms with van der Waals surface area (Å²) < 4.78 is 0. The van der Waals surface area contributed by atoms with Crippen LogP contribution in [0.1, 0.15) is 45.9 Å². The molecule has 1 atom stereocenters. The van der Waals surface area contributed by atoms with Gasteiger partial charge in [-0.1, -0.05) is 29.8 Å². The number of rotatable bonds is 2. The van der Waals surface area contributed by atoms with E-state index in [0.29, 0.717) is 5.02 Å². The summed E-state index contributed by atoms with van der Waals surface area (Å²) in [5.74, 6) is 0.0155. The Balaban J connectivity index is 2.02. The average Bonchev–Trinajstić information content (AvgIpc) is 2.49. The van der Waals surface area contributed by atoms with E-state index in [4.69, 9.17) is 11.6 Å². The van der Waals surface area contributed by atoms with E-state index in [1.165, 1.54) is 5.56 Å². The first kappa shape index (κ1) is 13.3. The van der Waals surface area contributed by atoms with Crippen molar-refractivity contribution < 1.29 is 4.79 Å². The lowest BCUT2D eigenvalue weighted by Crippen LogP contribution is -2.20. The van der Waals surface area contributed by atoms with Crippen molar-refractivity contribution in [1.82, 2.24) is 4.98 Å². The first-order valence-electron chi connectivity index (χ1n) is 6.91. The molecule has 2 aromatic rings. The third kappa shape index (κ3) is 2.25. The molecule has 0 radical (unpaired) electrons. The van der Waals surface area contributed by atoms with Crippen LogP contribution in [0, 0.1) is 6.92 Å². The molecule has 1 unspecified atom stereocenters. The summed E-state index contributed by atoms with van der Waals surface area (Å²) in [4.78, 5) is 17.3. The molecule has 102 valence electrons. The maximum atomic E-state index is 12.8. The first-order valence-corrected chi connectivity index (χ1v) is 7.29. The van der Waals surface area contributed by atoms with Gasteiger partial charge in [-0.3, -0.25) is 9.78 Å². The molecule has 0 saturated carbocycles. The first-order chi connectivity index (χ1) is 9.68. The number of benzene rings is 1. The van der Waals surface area contributed by atoms with Crippen molar-refractivity contribution in [3.63, 3.8) is 0 Å². The standard InChI is InChI=1S/C17H16ClNO/c1-11-13(7-3-9-15(11)18)17(20)14-8-2-5-12-6-4-10-19-16(12)14/h3-4,6-7,9-10,14H,2,5,8H2,1H3. The van der Waals surface area contributed by atoms with Crippen LogP contribution in [0.3, 0.4) is 0 Å². The summed E-state index contributed by atoms with van der Waals surface area (Å²) in [6, 6.07) is 9.54. The van der Waals surface area contributed by atoms with Crippen molar-refractivity contribution in [2.24, 2.45) is 0 Å². The van der Waals surface area contributed by atoms with E-state index in [2.05, 4.69) is 11.1 Å². The second kappa shape index (κ2) is 5.37. The number of aryl methyl sites for hydroxylation is 1. The summed E-state index contributed by atoms with van der Waals surface area (Å²) in [5.41, 5.74) is 3.74. The van der Waals surface area contributed by atoms with Crippen LogP contribution in [-0.4, -0.2) is 10.8 Å². The van der Waals surface area contributed by atoms with E-state index >= 15 is 0 Å². The molecule has 1 aliphatic rings. The summed E-state index contributed by atoms with van der Waals surface area (Å²) >= 11 is 6.13. The van der Waals surface area contributed by atoms with Gasteiger partial charge in [0.15, 0.2) is 5.78 Å². The lowest BCUT2D eigenvalue weighted by molar-refractivity contribution is 0.0948. The van der Waals surface area contributed by atoms with Crippen LogP contribution in [0.5, 0.6) is 0 Å². The van der Waals surface area contributed by atoms with Gasteiger partial charge in [-0.15, -0.1) is 0 Å². The molecular weight excluding hydrogens is 270 g/mol. The number of hydrogen-bond acceptors (Lipinski definition) is 2. The SMILES string of the molecule is Cc1c(Cl)cccc1C(=O)C1CCCc2cccnc21. The number of halogens is 1. The fraction of sp³-hybridized carbons (Fsp3) is 0.294. The van der Waals surface area contributed by atoms with Gasteiger partial charge in [0.05, 0.1) is 11.6 Å². The third-order valence-electron chi connectivity index (χ3n) is 4.04. The van der Waals surface area contributed by atoms with Gasteiger partial charge in [0, 0.05) is 16.8 Å². The molecule has 3 rings (SSSR count). The van der Waals surface area contributed by atoms with Gasteiger partial charge in [0.1, 0.15) is 0 Å². The van der Waals surface area contributed by atoms with Gasteiger partial charge in [-0.2, -0.15) is 0 Å². The zero-order chi connectivity index (χ0) is 14.1. The number of fused-ring (bicyclic) bond motifs is 1. The van der Waals surface area contributed by atoms with Gasteiger partial charge in [0.2, 0.25) is 0 Å². The van der Waals surface area contributed by atoms with Crippen molar-refractivity contribution in [1.29, 1.82) is 0 Å². The predicted octanol–water partition coefficient (Wildman–Crippen LogP) is 4.35. The predicted molar refractivity (Wildman–Crippen MR) is 80.4 cm³/mol. The van der Waals surface area contributed by atoms with Crippen LogP contribution in [0.25, 0.3) is 0 Å². The fourth-order valence-corrected chi connectivity index (χ4v) is 3.10. The van der Waals surface area contributed by atoms with Gasteiger partial charge >= 0.3 is 0 Å². The molecular formula is C17H16ClNO. The number of aromatic nitrogens is 1. The Hall–Kier alpha value is -1.67. The highest BCUT2D eigenvalue weighted by molar-refractivity contribution is 6.31. The fourth-order valence-electron chi connectivity index (χ4n) is 2.93. The highest BCUT2D eigenvalue weighted by atomic mass is 35.5. The van der Waals surface area contributed by atoms with Crippen molar-refractivity contribution in [3.05, 3.63) is 63.9 Å². The van der Waals surface area contributed by atoms with Crippen molar-refractivity contribution in [3.8, 4) is 0 Å². The van der Waals surface area contributed by atoms with Crippen LogP contribution >= 0.6 is 11.6 Å². The van der Waals surface area contributed by atoms with Gasteiger partial charge in [0.25, 0.3) is 0 Å². The van der Waals surface area contributed by atoms with Crippen LogP contribution in [0.2, 0.25) is 5.02 Å². The minimum Gasteiger partial charge on any atom is -0.293 e. The monoisotopic (exact) mass is 285 g/mol. The molecule has 0 saturated heterocycles. The molecule has 0 amide bonds. The second-order valence-electron chi connectivity index (χ2n) is 5.27. The summed E-state index contributed by atoms with van der Waals surface area (Å²) in [5, 5.41) is 0.646. The summed E-state index contributed by atoms with van der Waals surface area (Å²) in [6.07, 6.45) is 4.69. The summed E-state index contributed by atoms with van der Waals surface area (Å²) in [7, 11) is 0. The van der Waals surface area contributed by atoms with Gasteiger partial charge < -0.3 is 0 Å². The molecule has 2 nitrogen and oxygen atoms in total. The molecule has 1 aliphatic carbocycles. The van der Waals surface area contributed by atoms with E-state index in [-0.39, 0.29) is 11.7 Å². The van der Waals surface area contributed by atoms with Crippen molar-refractivity contribution >= 4 is 17.4 Å². The quantitative estimate of drug-likeness (QED) is 0.768. The molecule has 0 N–H and O–H groups in total. The van der Waals surface area contributed by atoms with Gasteiger partial charge in [-0.25, -0.2) is 0 Å².